The van der Waals surface area contributed by atoms with Gasteiger partial charge in [0.2, 0.25) is 5.91 Å². The quantitative estimate of drug-likeness (QED) is 0.541. The van der Waals surface area contributed by atoms with Crippen LogP contribution in [0.5, 0.6) is 0 Å². The number of carbonyl (C=O) groups is 1. The van der Waals surface area contributed by atoms with E-state index in [-0.39, 0.29) is 11.2 Å². The SMILES string of the molecule is BC1(C#N)CCCC(CNC(C)=O)CC1. The standard InChI is InChI=1S/C11H19BN2O/c1-9(15)14-7-10-3-2-5-11(12,8-13)6-4-10/h10H,2-7,12H2,1H3,(H,14,15). The summed E-state index contributed by atoms with van der Waals surface area (Å²) in [5, 5.41) is 11.8. The lowest BCUT2D eigenvalue weighted by atomic mass is 9.65. The molecule has 0 bridgehead atoms. The van der Waals surface area contributed by atoms with Crippen LogP contribution in [0.15, 0.2) is 0 Å². The third-order valence-corrected chi connectivity index (χ3v) is 3.35. The molecule has 15 heavy (non-hydrogen) atoms. The molecule has 0 spiro atoms. The molecule has 0 aromatic carbocycles. The molecule has 1 amide bonds. The Labute approximate surface area is 92.6 Å². The van der Waals surface area contributed by atoms with Crippen molar-refractivity contribution in [3.8, 4) is 6.07 Å². The van der Waals surface area contributed by atoms with Crippen LogP contribution in [0.4, 0.5) is 0 Å². The van der Waals surface area contributed by atoms with Crippen LogP contribution in [0.3, 0.4) is 0 Å². The highest BCUT2D eigenvalue weighted by atomic mass is 16.1. The molecule has 1 aliphatic carbocycles. The van der Waals surface area contributed by atoms with E-state index in [1.54, 1.807) is 6.92 Å². The highest BCUT2D eigenvalue weighted by Gasteiger charge is 2.28. The maximum absolute atomic E-state index is 10.8. The number of amides is 1. The van der Waals surface area contributed by atoms with E-state index in [0.717, 1.165) is 38.6 Å². The van der Waals surface area contributed by atoms with E-state index >= 15 is 0 Å². The first-order chi connectivity index (χ1) is 7.06. The van der Waals surface area contributed by atoms with Crippen LogP contribution in [0.25, 0.3) is 0 Å². The number of nitrogens with zero attached hydrogens (tertiary/aromatic N) is 1. The summed E-state index contributed by atoms with van der Waals surface area (Å²) in [6, 6.07) is 2.42. The predicted molar refractivity (Wildman–Crippen MR) is 62.1 cm³/mol. The molecule has 1 fully saturated rings. The van der Waals surface area contributed by atoms with Crippen molar-refractivity contribution in [1.29, 1.82) is 5.26 Å². The van der Waals surface area contributed by atoms with Gasteiger partial charge in [-0.05, 0) is 31.6 Å². The fourth-order valence-corrected chi connectivity index (χ4v) is 2.18. The van der Waals surface area contributed by atoms with E-state index in [1.807, 2.05) is 7.85 Å². The summed E-state index contributed by atoms with van der Waals surface area (Å²) in [6.45, 7) is 2.33. The second-order valence-electron chi connectivity index (χ2n) is 4.91. The van der Waals surface area contributed by atoms with Crippen molar-refractivity contribution in [3.63, 3.8) is 0 Å². The summed E-state index contributed by atoms with van der Waals surface area (Å²) < 4.78 is 0. The molecule has 1 N–H and O–H groups in total. The Morgan fingerprint density at radius 2 is 2.33 bits per heavy atom. The minimum absolute atomic E-state index is 0.0438. The summed E-state index contributed by atoms with van der Waals surface area (Å²) >= 11 is 0. The maximum Gasteiger partial charge on any atom is 0.216 e. The van der Waals surface area contributed by atoms with Gasteiger partial charge in [-0.1, -0.05) is 6.42 Å². The highest BCUT2D eigenvalue weighted by Crippen LogP contribution is 2.39. The van der Waals surface area contributed by atoms with Gasteiger partial charge >= 0.3 is 0 Å². The Morgan fingerprint density at radius 1 is 1.60 bits per heavy atom. The van der Waals surface area contributed by atoms with Crippen LogP contribution in [-0.2, 0) is 4.79 Å². The number of hydrogen-bond donors (Lipinski definition) is 1. The number of carbonyl (C=O) groups excluding carboxylic acids is 1. The molecule has 0 heterocycles. The van der Waals surface area contributed by atoms with Crippen molar-refractivity contribution < 1.29 is 4.79 Å². The molecule has 0 saturated heterocycles. The van der Waals surface area contributed by atoms with Gasteiger partial charge in [-0.15, -0.1) is 0 Å². The van der Waals surface area contributed by atoms with Gasteiger partial charge in [0.15, 0.2) is 0 Å². The Bertz CT molecular complexity index is 274. The monoisotopic (exact) mass is 206 g/mol. The van der Waals surface area contributed by atoms with E-state index < -0.39 is 0 Å². The molecule has 0 radical (unpaired) electrons. The van der Waals surface area contributed by atoms with Crippen LogP contribution in [0.1, 0.15) is 39.0 Å². The fraction of sp³-hybridized carbons (Fsp3) is 0.818. The molecule has 3 nitrogen and oxygen atoms in total. The Kier molecular flexibility index (Phi) is 4.20. The predicted octanol–water partition coefficient (Wildman–Crippen LogP) is 1.02. The van der Waals surface area contributed by atoms with Gasteiger partial charge in [0.05, 0.1) is 6.07 Å². The molecule has 0 aromatic rings. The second-order valence-corrected chi connectivity index (χ2v) is 4.91. The lowest BCUT2D eigenvalue weighted by Crippen LogP contribution is -2.26. The van der Waals surface area contributed by atoms with Gasteiger partial charge in [0.25, 0.3) is 0 Å². The second kappa shape index (κ2) is 5.20. The van der Waals surface area contributed by atoms with Crippen LogP contribution >= 0.6 is 0 Å². The zero-order valence-corrected chi connectivity index (χ0v) is 9.68. The molecule has 2 unspecified atom stereocenters. The van der Waals surface area contributed by atoms with Gasteiger partial charge < -0.3 is 5.32 Å². The summed E-state index contributed by atoms with van der Waals surface area (Å²) in [7, 11) is 2.05. The molecule has 2 atom stereocenters. The number of rotatable bonds is 2. The minimum Gasteiger partial charge on any atom is -0.356 e. The van der Waals surface area contributed by atoms with Gasteiger partial charge in [-0.25, -0.2) is 0 Å². The molecule has 4 heteroatoms. The third kappa shape index (κ3) is 3.95. The Balaban J connectivity index is 2.40. The first-order valence-electron chi connectivity index (χ1n) is 5.71. The van der Waals surface area contributed by atoms with Crippen molar-refractivity contribution in [2.24, 2.45) is 5.92 Å². The summed E-state index contributed by atoms with van der Waals surface area (Å²) in [5.41, 5.74) is 0. The molecule has 1 aliphatic rings. The van der Waals surface area contributed by atoms with Crippen LogP contribution in [0, 0.1) is 17.2 Å². The zero-order valence-electron chi connectivity index (χ0n) is 9.68. The van der Waals surface area contributed by atoms with Crippen molar-refractivity contribution >= 4 is 13.8 Å². The topological polar surface area (TPSA) is 52.9 Å². The number of hydrogen-bond acceptors (Lipinski definition) is 2. The average Bonchev–Trinajstić information content (AvgIpc) is 2.38. The minimum atomic E-state index is -0.134. The summed E-state index contributed by atoms with van der Waals surface area (Å²) in [5.74, 6) is 0.603. The van der Waals surface area contributed by atoms with Gasteiger partial charge in [0, 0.05) is 18.8 Å². The highest BCUT2D eigenvalue weighted by molar-refractivity contribution is 6.17. The zero-order chi connectivity index (χ0) is 11.3. The van der Waals surface area contributed by atoms with Crippen LogP contribution in [0.2, 0.25) is 5.31 Å². The lowest BCUT2D eigenvalue weighted by molar-refractivity contribution is -0.119. The molecule has 1 saturated carbocycles. The Morgan fingerprint density at radius 3 is 2.93 bits per heavy atom. The van der Waals surface area contributed by atoms with E-state index in [1.165, 1.54) is 0 Å². The normalized spacial score (nSPS) is 31.3. The Hall–Kier alpha value is -0.975. The summed E-state index contributed by atoms with van der Waals surface area (Å²) in [6.07, 6.45) is 5.27. The first-order valence-corrected chi connectivity index (χ1v) is 5.71. The van der Waals surface area contributed by atoms with Crippen molar-refractivity contribution in [1.82, 2.24) is 5.32 Å². The van der Waals surface area contributed by atoms with Crippen LogP contribution in [-0.4, -0.2) is 20.3 Å². The molecule has 82 valence electrons. The molecule has 0 aromatic heterocycles. The number of nitrogens with one attached hydrogen (secondary N) is 1. The molecular weight excluding hydrogens is 187 g/mol. The number of nitriles is 1. The van der Waals surface area contributed by atoms with Crippen molar-refractivity contribution in [2.45, 2.75) is 44.3 Å². The maximum atomic E-state index is 10.8. The van der Waals surface area contributed by atoms with E-state index in [4.69, 9.17) is 5.26 Å². The average molecular weight is 206 g/mol. The fourth-order valence-electron chi connectivity index (χ4n) is 2.18. The van der Waals surface area contributed by atoms with E-state index in [2.05, 4.69) is 11.4 Å². The summed E-state index contributed by atoms with van der Waals surface area (Å²) in [4.78, 5) is 10.8. The van der Waals surface area contributed by atoms with Gasteiger partial charge in [-0.3, -0.25) is 4.79 Å². The van der Waals surface area contributed by atoms with Crippen molar-refractivity contribution in [2.75, 3.05) is 6.54 Å². The molecule has 1 rings (SSSR count). The van der Waals surface area contributed by atoms with E-state index in [0.29, 0.717) is 5.92 Å². The van der Waals surface area contributed by atoms with Crippen molar-refractivity contribution in [3.05, 3.63) is 0 Å². The lowest BCUT2D eigenvalue weighted by Gasteiger charge is -2.18. The van der Waals surface area contributed by atoms with Crippen LogP contribution < -0.4 is 5.32 Å². The van der Waals surface area contributed by atoms with Gasteiger partial charge in [0.1, 0.15) is 7.85 Å². The molecule has 0 aliphatic heterocycles. The van der Waals surface area contributed by atoms with Gasteiger partial charge in [-0.2, -0.15) is 5.26 Å². The smallest absolute Gasteiger partial charge is 0.216 e. The molecular formula is C11H19BN2O. The largest absolute Gasteiger partial charge is 0.356 e. The van der Waals surface area contributed by atoms with E-state index in [9.17, 15) is 4.79 Å². The third-order valence-electron chi connectivity index (χ3n) is 3.35. The first kappa shape index (κ1) is 12.1.